The van der Waals surface area contributed by atoms with Crippen molar-refractivity contribution in [2.75, 3.05) is 13.2 Å². The lowest BCUT2D eigenvalue weighted by Crippen LogP contribution is -2.39. The Bertz CT molecular complexity index is 292. The first-order chi connectivity index (χ1) is 7.27. The second kappa shape index (κ2) is 4.72. The Kier molecular flexibility index (Phi) is 3.33. The number of hydrogen-bond donors (Lipinski definition) is 2. The molecule has 0 bridgehead atoms. The van der Waals surface area contributed by atoms with Gasteiger partial charge in [0.2, 0.25) is 0 Å². The molecule has 15 heavy (non-hydrogen) atoms. The van der Waals surface area contributed by atoms with Gasteiger partial charge in [-0.15, -0.1) is 0 Å². The predicted molar refractivity (Wildman–Crippen MR) is 55.1 cm³/mol. The summed E-state index contributed by atoms with van der Waals surface area (Å²) in [6.45, 7) is 0.515. The third kappa shape index (κ3) is 2.54. The molecule has 0 radical (unpaired) electrons. The molecule has 82 valence electrons. The lowest BCUT2D eigenvalue weighted by atomic mass is 10.2. The molecule has 0 aliphatic carbocycles. The van der Waals surface area contributed by atoms with Gasteiger partial charge in [0.25, 0.3) is 0 Å². The van der Waals surface area contributed by atoms with Gasteiger partial charge < -0.3 is 20.3 Å². The first kappa shape index (κ1) is 10.6. The van der Waals surface area contributed by atoms with Crippen molar-refractivity contribution in [2.24, 2.45) is 5.73 Å². The zero-order valence-electron chi connectivity index (χ0n) is 8.37. The van der Waals surface area contributed by atoms with Gasteiger partial charge in [-0.3, -0.25) is 0 Å². The Morgan fingerprint density at radius 3 is 2.53 bits per heavy atom. The van der Waals surface area contributed by atoms with Gasteiger partial charge in [0.15, 0.2) is 6.29 Å². The van der Waals surface area contributed by atoms with Gasteiger partial charge in [0, 0.05) is 5.56 Å². The summed E-state index contributed by atoms with van der Waals surface area (Å²) in [6.07, 6.45) is -1.08. The van der Waals surface area contributed by atoms with Crippen LogP contribution in [0.4, 0.5) is 0 Å². The molecule has 3 N–H and O–H groups in total. The van der Waals surface area contributed by atoms with E-state index in [0.29, 0.717) is 6.61 Å². The van der Waals surface area contributed by atoms with E-state index in [2.05, 4.69) is 0 Å². The summed E-state index contributed by atoms with van der Waals surface area (Å²) >= 11 is 0. The molecule has 1 aromatic rings. The molecule has 1 aliphatic heterocycles. The van der Waals surface area contributed by atoms with Crippen LogP contribution in [-0.4, -0.2) is 30.5 Å². The second-order valence-electron chi connectivity index (χ2n) is 3.64. The SMILES string of the molecule is NC1COC(c2ccccc2)OCC1O. The summed E-state index contributed by atoms with van der Waals surface area (Å²) < 4.78 is 10.9. The highest BCUT2D eigenvalue weighted by atomic mass is 16.7. The molecule has 3 atom stereocenters. The summed E-state index contributed by atoms with van der Waals surface area (Å²) in [7, 11) is 0. The number of nitrogens with two attached hydrogens (primary N) is 1. The molecule has 1 saturated heterocycles. The maximum Gasteiger partial charge on any atom is 0.184 e. The van der Waals surface area contributed by atoms with Crippen molar-refractivity contribution in [2.45, 2.75) is 18.4 Å². The maximum atomic E-state index is 9.49. The van der Waals surface area contributed by atoms with Crippen LogP contribution in [0.25, 0.3) is 0 Å². The fraction of sp³-hybridized carbons (Fsp3) is 0.455. The summed E-state index contributed by atoms with van der Waals surface area (Å²) in [6, 6.07) is 9.24. The minimum absolute atomic E-state index is 0.209. The molecule has 4 nitrogen and oxygen atoms in total. The van der Waals surface area contributed by atoms with Crippen molar-refractivity contribution < 1.29 is 14.6 Å². The quantitative estimate of drug-likeness (QED) is 0.703. The molecule has 1 fully saturated rings. The average molecular weight is 209 g/mol. The highest BCUT2D eigenvalue weighted by molar-refractivity contribution is 5.16. The van der Waals surface area contributed by atoms with Crippen molar-refractivity contribution in [1.29, 1.82) is 0 Å². The molecule has 0 spiro atoms. The summed E-state index contributed by atoms with van der Waals surface area (Å²) in [4.78, 5) is 0. The topological polar surface area (TPSA) is 64.7 Å². The number of benzene rings is 1. The third-order valence-corrected chi connectivity index (χ3v) is 2.42. The smallest absolute Gasteiger partial charge is 0.184 e. The first-order valence-electron chi connectivity index (χ1n) is 4.99. The molecule has 2 rings (SSSR count). The Balaban J connectivity index is 2.06. The van der Waals surface area contributed by atoms with Gasteiger partial charge in [-0.05, 0) is 0 Å². The van der Waals surface area contributed by atoms with Crippen molar-refractivity contribution in [3.8, 4) is 0 Å². The largest absolute Gasteiger partial charge is 0.389 e. The number of aliphatic hydroxyl groups excluding tert-OH is 1. The van der Waals surface area contributed by atoms with Gasteiger partial charge >= 0.3 is 0 Å². The van der Waals surface area contributed by atoms with Crippen LogP contribution >= 0.6 is 0 Å². The third-order valence-electron chi connectivity index (χ3n) is 2.42. The Labute approximate surface area is 88.6 Å². The molecule has 0 aromatic heterocycles. The van der Waals surface area contributed by atoms with E-state index in [0.717, 1.165) is 5.56 Å². The van der Waals surface area contributed by atoms with Crippen LogP contribution in [0.15, 0.2) is 30.3 Å². The summed E-state index contributed by atoms with van der Waals surface area (Å²) in [5.74, 6) is 0. The molecule has 0 saturated carbocycles. The predicted octanol–water partition coefficient (Wildman–Crippen LogP) is 0.420. The Hall–Kier alpha value is -0.940. The number of rotatable bonds is 1. The van der Waals surface area contributed by atoms with E-state index < -0.39 is 12.4 Å². The molecular formula is C11H15NO3. The van der Waals surface area contributed by atoms with Gasteiger partial charge in [-0.1, -0.05) is 30.3 Å². The van der Waals surface area contributed by atoms with Gasteiger partial charge in [0.05, 0.1) is 25.4 Å². The molecule has 0 amide bonds. The van der Waals surface area contributed by atoms with E-state index in [1.807, 2.05) is 30.3 Å². The monoisotopic (exact) mass is 209 g/mol. The fourth-order valence-corrected chi connectivity index (χ4v) is 1.47. The van der Waals surface area contributed by atoms with Gasteiger partial charge in [-0.2, -0.15) is 0 Å². The van der Waals surface area contributed by atoms with Crippen LogP contribution in [0.3, 0.4) is 0 Å². The standard InChI is InChI=1S/C11H15NO3/c12-9-6-14-11(15-7-10(9)13)8-4-2-1-3-5-8/h1-5,9-11,13H,6-7,12H2. The number of aliphatic hydroxyl groups is 1. The normalized spacial score (nSPS) is 32.3. The molecular weight excluding hydrogens is 194 g/mol. The van der Waals surface area contributed by atoms with Crippen molar-refractivity contribution >= 4 is 0 Å². The maximum absolute atomic E-state index is 9.49. The second-order valence-corrected chi connectivity index (χ2v) is 3.64. The highest BCUT2D eigenvalue weighted by Gasteiger charge is 2.24. The molecule has 1 heterocycles. The van der Waals surface area contributed by atoms with E-state index in [4.69, 9.17) is 15.2 Å². The Morgan fingerprint density at radius 2 is 1.80 bits per heavy atom. The van der Waals surface area contributed by atoms with E-state index >= 15 is 0 Å². The van der Waals surface area contributed by atoms with Gasteiger partial charge in [0.1, 0.15) is 0 Å². The van der Waals surface area contributed by atoms with E-state index in [-0.39, 0.29) is 12.6 Å². The van der Waals surface area contributed by atoms with Crippen LogP contribution in [0.2, 0.25) is 0 Å². The van der Waals surface area contributed by atoms with Crippen LogP contribution in [0.1, 0.15) is 11.9 Å². The van der Waals surface area contributed by atoms with Gasteiger partial charge in [-0.25, -0.2) is 0 Å². The van der Waals surface area contributed by atoms with Crippen LogP contribution < -0.4 is 5.73 Å². The fourth-order valence-electron chi connectivity index (χ4n) is 1.47. The number of hydrogen-bond acceptors (Lipinski definition) is 4. The average Bonchev–Trinajstić information content (AvgIpc) is 2.44. The van der Waals surface area contributed by atoms with Crippen molar-refractivity contribution in [1.82, 2.24) is 0 Å². The van der Waals surface area contributed by atoms with Crippen LogP contribution in [0, 0.1) is 0 Å². The minimum Gasteiger partial charge on any atom is -0.389 e. The lowest BCUT2D eigenvalue weighted by Gasteiger charge is -2.15. The van der Waals surface area contributed by atoms with E-state index in [1.54, 1.807) is 0 Å². The van der Waals surface area contributed by atoms with Crippen molar-refractivity contribution in [3.63, 3.8) is 0 Å². The zero-order chi connectivity index (χ0) is 10.7. The Morgan fingerprint density at radius 1 is 1.13 bits per heavy atom. The molecule has 3 unspecified atom stereocenters. The first-order valence-corrected chi connectivity index (χ1v) is 4.99. The van der Waals surface area contributed by atoms with Crippen molar-refractivity contribution in [3.05, 3.63) is 35.9 Å². The molecule has 1 aromatic carbocycles. The molecule has 4 heteroatoms. The van der Waals surface area contributed by atoms with E-state index in [9.17, 15) is 5.11 Å². The minimum atomic E-state index is -0.654. The van der Waals surface area contributed by atoms with Crippen LogP contribution in [0.5, 0.6) is 0 Å². The zero-order valence-corrected chi connectivity index (χ0v) is 8.37. The summed E-state index contributed by atoms with van der Waals surface area (Å²) in [5.41, 5.74) is 6.61. The van der Waals surface area contributed by atoms with E-state index in [1.165, 1.54) is 0 Å². The number of ether oxygens (including phenoxy) is 2. The van der Waals surface area contributed by atoms with Crippen LogP contribution in [-0.2, 0) is 9.47 Å². The highest BCUT2D eigenvalue weighted by Crippen LogP contribution is 2.21. The summed E-state index contributed by atoms with van der Waals surface area (Å²) in [5, 5.41) is 9.49. The lowest BCUT2D eigenvalue weighted by molar-refractivity contribution is -0.136. The molecule has 1 aliphatic rings.